The van der Waals surface area contributed by atoms with Gasteiger partial charge in [0.25, 0.3) is 0 Å². The van der Waals surface area contributed by atoms with Gasteiger partial charge in [-0.2, -0.15) is 0 Å². The van der Waals surface area contributed by atoms with Gasteiger partial charge in [-0.05, 0) is 56.4 Å². The summed E-state index contributed by atoms with van der Waals surface area (Å²) in [7, 11) is 0. The maximum atomic E-state index is 13.4. The molecule has 3 saturated heterocycles. The minimum absolute atomic E-state index is 0.261. The molecule has 2 atom stereocenters. The molecule has 34 heavy (non-hydrogen) atoms. The summed E-state index contributed by atoms with van der Waals surface area (Å²) in [6.07, 6.45) is 11.5. The van der Waals surface area contributed by atoms with Gasteiger partial charge >= 0.3 is 0 Å². The second-order valence-electron chi connectivity index (χ2n) is 10.3. The van der Waals surface area contributed by atoms with Crippen molar-refractivity contribution < 1.29 is 4.79 Å². The normalized spacial score (nSPS) is 24.0. The van der Waals surface area contributed by atoms with Gasteiger partial charge in [-0.3, -0.25) is 9.69 Å². The van der Waals surface area contributed by atoms with E-state index in [-0.39, 0.29) is 5.92 Å². The molecule has 3 aliphatic heterocycles. The number of halogens is 1. The SMILES string of the molecule is O=C(C1CCCCC1)N1CC2CCCC1CN2Cc1c(-c2ccc(Cl)cc2)nc2ccccn12. The van der Waals surface area contributed by atoms with E-state index in [2.05, 4.69) is 44.7 Å². The Morgan fingerprint density at radius 3 is 2.53 bits per heavy atom. The van der Waals surface area contributed by atoms with Crippen molar-refractivity contribution in [2.24, 2.45) is 5.92 Å². The van der Waals surface area contributed by atoms with Crippen molar-refractivity contribution in [3.8, 4) is 11.3 Å². The average molecular weight is 477 g/mol. The number of rotatable bonds is 4. The smallest absolute Gasteiger partial charge is 0.226 e. The predicted molar refractivity (Wildman–Crippen MR) is 136 cm³/mol. The summed E-state index contributed by atoms with van der Waals surface area (Å²) in [6, 6.07) is 14.9. The van der Waals surface area contributed by atoms with E-state index >= 15 is 0 Å². The number of fused-ring (bicyclic) bond motifs is 5. The molecule has 5 heterocycles. The lowest BCUT2D eigenvalue weighted by Gasteiger charge is -2.45. The molecule has 0 N–H and O–H groups in total. The molecule has 2 aromatic heterocycles. The van der Waals surface area contributed by atoms with E-state index in [4.69, 9.17) is 16.6 Å². The molecule has 2 unspecified atom stereocenters. The van der Waals surface area contributed by atoms with E-state index in [0.29, 0.717) is 18.0 Å². The van der Waals surface area contributed by atoms with Crippen LogP contribution < -0.4 is 0 Å². The Labute approximate surface area is 206 Å². The molecule has 1 aromatic carbocycles. The van der Waals surface area contributed by atoms with Crippen molar-refractivity contribution in [3.05, 3.63) is 59.4 Å². The summed E-state index contributed by atoms with van der Waals surface area (Å²) < 4.78 is 2.23. The first-order valence-electron chi connectivity index (χ1n) is 12.9. The summed E-state index contributed by atoms with van der Waals surface area (Å²) >= 11 is 6.16. The summed E-state index contributed by atoms with van der Waals surface area (Å²) in [5.74, 6) is 0.699. The van der Waals surface area contributed by atoms with Crippen molar-refractivity contribution >= 4 is 23.2 Å². The van der Waals surface area contributed by atoms with Crippen molar-refractivity contribution in [2.45, 2.75) is 70.0 Å². The highest BCUT2D eigenvalue weighted by molar-refractivity contribution is 6.30. The van der Waals surface area contributed by atoms with Gasteiger partial charge in [-0.25, -0.2) is 4.98 Å². The number of benzene rings is 1. The molecule has 1 aliphatic carbocycles. The third kappa shape index (κ3) is 4.14. The van der Waals surface area contributed by atoms with Crippen LogP contribution in [-0.2, 0) is 11.3 Å². The summed E-state index contributed by atoms with van der Waals surface area (Å²) in [5.41, 5.74) is 4.31. The third-order valence-corrected chi connectivity index (χ3v) is 8.47. The number of carbonyl (C=O) groups is 1. The Bertz CT molecular complexity index is 1170. The van der Waals surface area contributed by atoms with Gasteiger partial charge < -0.3 is 9.30 Å². The van der Waals surface area contributed by atoms with Crippen LogP contribution in [0.25, 0.3) is 16.9 Å². The van der Waals surface area contributed by atoms with Gasteiger partial charge in [0, 0.05) is 54.4 Å². The van der Waals surface area contributed by atoms with Crippen LogP contribution in [0.15, 0.2) is 48.7 Å². The molecule has 1 saturated carbocycles. The number of piperazine rings is 1. The first kappa shape index (κ1) is 22.1. The monoisotopic (exact) mass is 476 g/mol. The number of aromatic nitrogens is 2. The lowest BCUT2D eigenvalue weighted by molar-refractivity contribution is -0.143. The van der Waals surface area contributed by atoms with Crippen LogP contribution in [0.1, 0.15) is 57.1 Å². The van der Waals surface area contributed by atoms with E-state index in [1.807, 2.05) is 18.2 Å². The van der Waals surface area contributed by atoms with Crippen LogP contribution in [0, 0.1) is 5.92 Å². The number of hydrogen-bond donors (Lipinski definition) is 0. The fourth-order valence-corrected chi connectivity index (χ4v) is 6.52. The molecular formula is C28H33ClN4O. The van der Waals surface area contributed by atoms with E-state index in [9.17, 15) is 4.79 Å². The van der Waals surface area contributed by atoms with Gasteiger partial charge in [0.15, 0.2) is 0 Å². The average Bonchev–Trinajstić information content (AvgIpc) is 2.99. The first-order valence-corrected chi connectivity index (χ1v) is 13.3. The first-order chi connectivity index (χ1) is 16.7. The molecule has 7 rings (SSSR count). The van der Waals surface area contributed by atoms with Gasteiger partial charge in [-0.1, -0.05) is 49.1 Å². The van der Waals surface area contributed by atoms with Crippen molar-refractivity contribution in [1.82, 2.24) is 19.2 Å². The van der Waals surface area contributed by atoms with Crippen LogP contribution in [-0.4, -0.2) is 50.3 Å². The van der Waals surface area contributed by atoms with Gasteiger partial charge in [-0.15, -0.1) is 0 Å². The fraction of sp³-hybridized carbons (Fsp3) is 0.500. The third-order valence-electron chi connectivity index (χ3n) is 8.22. The Balaban J connectivity index is 1.28. The Morgan fingerprint density at radius 2 is 1.71 bits per heavy atom. The fourth-order valence-electron chi connectivity index (χ4n) is 6.40. The molecule has 4 fully saturated rings. The number of nitrogens with zero attached hydrogens (tertiary/aromatic N) is 4. The molecule has 178 valence electrons. The molecule has 0 spiro atoms. The van der Waals surface area contributed by atoms with Gasteiger partial charge in [0.1, 0.15) is 5.65 Å². The molecule has 4 aliphatic rings. The number of carbonyl (C=O) groups excluding carboxylic acids is 1. The van der Waals surface area contributed by atoms with Crippen molar-refractivity contribution in [1.29, 1.82) is 0 Å². The van der Waals surface area contributed by atoms with Gasteiger partial charge in [0.2, 0.25) is 5.91 Å². The van der Waals surface area contributed by atoms with E-state index < -0.39 is 0 Å². The van der Waals surface area contributed by atoms with Crippen molar-refractivity contribution in [3.63, 3.8) is 0 Å². The zero-order valence-electron chi connectivity index (χ0n) is 19.7. The molecule has 1 amide bonds. The Kier molecular flexibility index (Phi) is 6.08. The number of hydrogen-bond acceptors (Lipinski definition) is 3. The molecular weight excluding hydrogens is 444 g/mol. The van der Waals surface area contributed by atoms with E-state index in [1.54, 1.807) is 0 Å². The Morgan fingerprint density at radius 1 is 0.912 bits per heavy atom. The summed E-state index contributed by atoms with van der Waals surface area (Å²) in [6.45, 7) is 2.69. The van der Waals surface area contributed by atoms with Crippen LogP contribution in [0.5, 0.6) is 0 Å². The molecule has 0 radical (unpaired) electrons. The topological polar surface area (TPSA) is 40.9 Å². The van der Waals surface area contributed by atoms with Crippen LogP contribution in [0.4, 0.5) is 0 Å². The Hall–Kier alpha value is -2.37. The lowest BCUT2D eigenvalue weighted by Crippen LogP contribution is -2.58. The van der Waals surface area contributed by atoms with Crippen LogP contribution >= 0.6 is 11.6 Å². The largest absolute Gasteiger partial charge is 0.337 e. The van der Waals surface area contributed by atoms with Crippen LogP contribution in [0.3, 0.4) is 0 Å². The minimum atomic E-state index is 0.261. The minimum Gasteiger partial charge on any atom is -0.337 e. The molecule has 5 nitrogen and oxygen atoms in total. The number of imidazole rings is 1. The highest BCUT2D eigenvalue weighted by atomic mass is 35.5. The van der Waals surface area contributed by atoms with Crippen LogP contribution in [0.2, 0.25) is 5.02 Å². The maximum absolute atomic E-state index is 13.4. The molecule has 3 aromatic rings. The molecule has 2 bridgehead atoms. The second-order valence-corrected chi connectivity index (χ2v) is 10.8. The molecule has 6 heteroatoms. The highest BCUT2D eigenvalue weighted by Crippen LogP contribution is 2.34. The summed E-state index contributed by atoms with van der Waals surface area (Å²) in [4.78, 5) is 23.3. The number of amides is 1. The zero-order valence-corrected chi connectivity index (χ0v) is 20.5. The standard InChI is InChI=1S/C28H33ClN4O/c29-22-14-12-20(13-15-22)27-25(32-16-5-4-11-26(32)30-27)19-31-17-24-10-6-9-23(31)18-33(24)28(34)21-7-2-1-3-8-21/h4-5,11-16,21,23-24H,1-3,6-10,17-19H2. The highest BCUT2D eigenvalue weighted by Gasteiger charge is 2.41. The zero-order chi connectivity index (χ0) is 23.1. The maximum Gasteiger partial charge on any atom is 0.226 e. The second kappa shape index (κ2) is 9.35. The quantitative estimate of drug-likeness (QED) is 0.477. The van der Waals surface area contributed by atoms with E-state index in [1.165, 1.54) is 31.4 Å². The van der Waals surface area contributed by atoms with Crippen molar-refractivity contribution in [2.75, 3.05) is 13.1 Å². The van der Waals surface area contributed by atoms with E-state index in [0.717, 1.165) is 67.2 Å². The predicted octanol–water partition coefficient (Wildman–Crippen LogP) is 5.80. The van der Waals surface area contributed by atoms with Gasteiger partial charge in [0.05, 0.1) is 11.4 Å². The summed E-state index contributed by atoms with van der Waals surface area (Å²) in [5, 5.41) is 0.738. The number of pyridine rings is 1. The lowest BCUT2D eigenvalue weighted by atomic mass is 9.87.